The lowest BCUT2D eigenvalue weighted by Crippen LogP contribution is -2.20. The average molecular weight is 436 g/mol. The minimum absolute atomic E-state index is 0.466. The Kier molecular flexibility index (Phi) is 6.41. The molecule has 5 aromatic carbocycles. The molecular formula is C26H23BN3O3+. The Bertz CT molecular complexity index is 1480. The molecule has 5 aromatic rings. The molecule has 0 saturated heterocycles. The molecule has 0 radical (unpaired) electrons. The first-order valence-electron chi connectivity index (χ1n) is 10.5. The van der Waals surface area contributed by atoms with Gasteiger partial charge >= 0.3 is 13.0 Å². The number of nitrogens with zero attached hydrogens (tertiary/aromatic N) is 3. The van der Waals surface area contributed by atoms with Crippen molar-refractivity contribution in [2.75, 3.05) is 19.0 Å². The number of anilines is 1. The normalized spacial score (nSPS) is 10.4. The maximum Gasteiger partial charge on any atom is 0.707 e. The zero-order valence-corrected chi connectivity index (χ0v) is 18.4. The molecule has 0 aliphatic carbocycles. The van der Waals surface area contributed by atoms with E-state index in [1.165, 1.54) is 5.39 Å². The summed E-state index contributed by atoms with van der Waals surface area (Å²) in [4.78, 5) is 5.05. The van der Waals surface area contributed by atoms with Crippen molar-refractivity contribution in [1.29, 1.82) is 5.39 Å². The molecule has 0 aliphatic rings. The standard InChI is InChI=1S/C18H13BO3.C8H10N3/c20-19(21)22-17-7-3-6-12-8-9-15-10-13-4-1-2-5-14(13)11-16(15)18(12)17;1-11(2)8-6-4-3-5-7(8)10-9/h1-11,20-21H;3-6H,1-2H3/q;+1. The van der Waals surface area contributed by atoms with Gasteiger partial charge < -0.3 is 19.6 Å². The summed E-state index contributed by atoms with van der Waals surface area (Å²) >= 11 is 0. The number of fused-ring (bicyclic) bond motifs is 4. The van der Waals surface area contributed by atoms with Gasteiger partial charge in [0.15, 0.2) is 4.98 Å². The minimum Gasteiger partial charge on any atom is -0.511 e. The van der Waals surface area contributed by atoms with E-state index in [1.807, 2.05) is 67.5 Å². The summed E-state index contributed by atoms with van der Waals surface area (Å²) in [7, 11) is 1.98. The quantitative estimate of drug-likeness (QED) is 0.163. The summed E-state index contributed by atoms with van der Waals surface area (Å²) in [6.07, 6.45) is 0. The fourth-order valence-corrected chi connectivity index (χ4v) is 3.91. The Hall–Kier alpha value is -4.12. The highest BCUT2D eigenvalue weighted by molar-refractivity contribution is 6.34. The highest BCUT2D eigenvalue weighted by Crippen LogP contribution is 2.35. The lowest BCUT2D eigenvalue weighted by atomic mass is 9.97. The van der Waals surface area contributed by atoms with Gasteiger partial charge in [0.1, 0.15) is 11.4 Å². The summed E-state index contributed by atoms with van der Waals surface area (Å²) in [6, 6.07) is 29.5. The molecule has 0 bridgehead atoms. The smallest absolute Gasteiger partial charge is 0.511 e. The summed E-state index contributed by atoms with van der Waals surface area (Å²) in [6.45, 7) is 0. The first kappa shape index (κ1) is 22.1. The molecule has 0 amide bonds. The van der Waals surface area contributed by atoms with Crippen LogP contribution in [0.3, 0.4) is 0 Å². The van der Waals surface area contributed by atoms with Crippen LogP contribution in [0, 0.1) is 5.39 Å². The molecule has 0 aliphatic heterocycles. The van der Waals surface area contributed by atoms with Gasteiger partial charge in [-0.25, -0.2) is 0 Å². The Morgan fingerprint density at radius 2 is 1.39 bits per heavy atom. The van der Waals surface area contributed by atoms with E-state index in [4.69, 9.17) is 20.1 Å². The zero-order chi connectivity index (χ0) is 23.4. The fourth-order valence-electron chi connectivity index (χ4n) is 3.91. The molecule has 162 valence electrons. The number of hydrogen-bond donors (Lipinski definition) is 2. The van der Waals surface area contributed by atoms with Gasteiger partial charge in [0.05, 0.1) is 0 Å². The van der Waals surface area contributed by atoms with Crippen LogP contribution in [0.1, 0.15) is 0 Å². The third-order valence-corrected chi connectivity index (χ3v) is 5.39. The van der Waals surface area contributed by atoms with Crippen LogP contribution >= 0.6 is 0 Å². The molecule has 5 rings (SSSR count). The van der Waals surface area contributed by atoms with Crippen LogP contribution in [-0.2, 0) is 0 Å². The Morgan fingerprint density at radius 3 is 2.06 bits per heavy atom. The first-order chi connectivity index (χ1) is 16.0. The molecule has 0 saturated carbocycles. The number of diazo groups is 1. The van der Waals surface area contributed by atoms with Crippen molar-refractivity contribution >= 4 is 51.0 Å². The van der Waals surface area contributed by atoms with Crippen LogP contribution in [0.4, 0.5) is 11.4 Å². The van der Waals surface area contributed by atoms with Crippen LogP contribution in [0.25, 0.3) is 37.3 Å². The maximum atomic E-state index is 9.14. The Labute approximate surface area is 192 Å². The highest BCUT2D eigenvalue weighted by Gasteiger charge is 2.15. The molecule has 0 fully saturated rings. The van der Waals surface area contributed by atoms with Crippen molar-refractivity contribution in [3.8, 4) is 5.75 Å². The largest absolute Gasteiger partial charge is 0.707 e. The second-order valence-electron chi connectivity index (χ2n) is 7.77. The van der Waals surface area contributed by atoms with Gasteiger partial charge in [-0.05, 0) is 51.2 Å². The molecule has 7 heteroatoms. The van der Waals surface area contributed by atoms with E-state index in [-0.39, 0.29) is 0 Å². The topological polar surface area (TPSA) is 81.1 Å². The number of para-hydroxylation sites is 1. The van der Waals surface area contributed by atoms with E-state index < -0.39 is 7.32 Å². The van der Waals surface area contributed by atoms with E-state index in [0.717, 1.165) is 32.6 Å². The lowest BCUT2D eigenvalue weighted by molar-refractivity contribution is 0.289. The van der Waals surface area contributed by atoms with Crippen molar-refractivity contribution in [3.63, 3.8) is 0 Å². The summed E-state index contributed by atoms with van der Waals surface area (Å²) in [5.41, 5.74) is 1.51. The van der Waals surface area contributed by atoms with Gasteiger partial charge in [0.2, 0.25) is 5.39 Å². The van der Waals surface area contributed by atoms with Gasteiger partial charge in [0, 0.05) is 25.5 Å². The third kappa shape index (κ3) is 4.72. The first-order valence-corrected chi connectivity index (χ1v) is 10.5. The zero-order valence-electron chi connectivity index (χ0n) is 18.4. The highest BCUT2D eigenvalue weighted by atomic mass is 16.6. The van der Waals surface area contributed by atoms with Crippen LogP contribution in [0.15, 0.2) is 91.0 Å². The van der Waals surface area contributed by atoms with E-state index in [1.54, 1.807) is 12.1 Å². The number of rotatable bonds is 3. The average Bonchev–Trinajstić information content (AvgIpc) is 2.82. The Morgan fingerprint density at radius 1 is 0.758 bits per heavy atom. The van der Waals surface area contributed by atoms with Gasteiger partial charge in [-0.2, -0.15) is 0 Å². The van der Waals surface area contributed by atoms with E-state index in [9.17, 15) is 0 Å². The van der Waals surface area contributed by atoms with Crippen molar-refractivity contribution in [2.45, 2.75) is 0 Å². The van der Waals surface area contributed by atoms with Crippen molar-refractivity contribution in [3.05, 3.63) is 96.0 Å². The lowest BCUT2D eigenvalue weighted by Gasteiger charge is -2.12. The van der Waals surface area contributed by atoms with Crippen LogP contribution in [-0.4, -0.2) is 31.5 Å². The number of hydrogen-bond acceptors (Lipinski definition) is 5. The predicted molar refractivity (Wildman–Crippen MR) is 135 cm³/mol. The molecule has 0 heterocycles. The molecule has 0 atom stereocenters. The monoisotopic (exact) mass is 436 g/mol. The van der Waals surface area contributed by atoms with E-state index in [0.29, 0.717) is 11.4 Å². The third-order valence-electron chi connectivity index (χ3n) is 5.39. The minimum atomic E-state index is -1.83. The second-order valence-corrected chi connectivity index (χ2v) is 7.77. The molecule has 2 N–H and O–H groups in total. The second kappa shape index (κ2) is 9.57. The molecule has 33 heavy (non-hydrogen) atoms. The Balaban J connectivity index is 0.000000200. The van der Waals surface area contributed by atoms with Crippen LogP contribution < -0.4 is 9.55 Å². The maximum absolute atomic E-state index is 9.14. The molecule has 0 spiro atoms. The summed E-state index contributed by atoms with van der Waals surface area (Å²) < 4.78 is 5.16. The molecular weight excluding hydrogens is 413 g/mol. The van der Waals surface area contributed by atoms with Crippen LogP contribution in [0.5, 0.6) is 5.75 Å². The predicted octanol–water partition coefficient (Wildman–Crippen LogP) is 5.73. The number of benzene rings is 5. The summed E-state index contributed by atoms with van der Waals surface area (Å²) in [5, 5.41) is 33.2. The molecule has 0 unspecified atom stereocenters. The van der Waals surface area contributed by atoms with Gasteiger partial charge in [-0.15, -0.1) is 0 Å². The van der Waals surface area contributed by atoms with E-state index in [2.05, 4.69) is 35.3 Å². The fraction of sp³-hybridized carbons (Fsp3) is 0.0769. The summed E-state index contributed by atoms with van der Waals surface area (Å²) in [5.74, 6) is 0.466. The molecule has 6 nitrogen and oxygen atoms in total. The van der Waals surface area contributed by atoms with E-state index >= 15 is 0 Å². The molecule has 0 aromatic heterocycles. The van der Waals surface area contributed by atoms with Crippen molar-refractivity contribution in [2.24, 2.45) is 0 Å². The van der Waals surface area contributed by atoms with Crippen LogP contribution in [0.2, 0.25) is 0 Å². The van der Waals surface area contributed by atoms with Crippen molar-refractivity contribution < 1.29 is 14.7 Å². The van der Waals surface area contributed by atoms with Gasteiger partial charge in [0.25, 0.3) is 0 Å². The van der Waals surface area contributed by atoms with Gasteiger partial charge in [-0.1, -0.05) is 60.7 Å². The van der Waals surface area contributed by atoms with Crippen molar-refractivity contribution in [1.82, 2.24) is 0 Å². The van der Waals surface area contributed by atoms with Gasteiger partial charge in [-0.3, -0.25) is 0 Å². The SMILES string of the molecule is CN(C)c1ccccc1[N+]#N.OB(O)Oc1cccc2ccc3cc4ccccc4cc3c12.